The quantitative estimate of drug-likeness (QED) is 0.618. The highest BCUT2D eigenvalue weighted by Crippen LogP contribution is 2.30. The van der Waals surface area contributed by atoms with Crippen LogP contribution in [0.25, 0.3) is 0 Å². The highest BCUT2D eigenvalue weighted by Gasteiger charge is 2.12. The standard InChI is InChI=1S/C19H18Cl2N2/c20-15-8-2-5-11-18(15)22-13-14-7-1-4-10-17(14)23-19-12-6-3-9-16(19)21/h2-3,5-6,8-9,11-13,23H,1,4,7,10H2. The van der Waals surface area contributed by atoms with E-state index in [-0.39, 0.29) is 0 Å². The largest absolute Gasteiger partial charge is 0.357 e. The molecule has 118 valence electrons. The maximum absolute atomic E-state index is 6.25. The average Bonchev–Trinajstić information content (AvgIpc) is 2.57. The Balaban J connectivity index is 1.86. The number of rotatable bonds is 4. The molecule has 23 heavy (non-hydrogen) atoms. The molecule has 2 aromatic carbocycles. The van der Waals surface area contributed by atoms with Gasteiger partial charge in [-0.15, -0.1) is 0 Å². The van der Waals surface area contributed by atoms with Crippen LogP contribution in [0.1, 0.15) is 25.7 Å². The van der Waals surface area contributed by atoms with Crippen LogP contribution >= 0.6 is 23.2 Å². The smallest absolute Gasteiger partial charge is 0.0815 e. The molecule has 0 atom stereocenters. The van der Waals surface area contributed by atoms with E-state index in [1.807, 2.05) is 54.7 Å². The molecule has 0 saturated carbocycles. The van der Waals surface area contributed by atoms with E-state index in [1.54, 1.807) is 0 Å². The van der Waals surface area contributed by atoms with E-state index in [0.717, 1.165) is 29.2 Å². The van der Waals surface area contributed by atoms with Crippen molar-refractivity contribution in [1.82, 2.24) is 0 Å². The van der Waals surface area contributed by atoms with Gasteiger partial charge in [-0.2, -0.15) is 0 Å². The number of hydrogen-bond donors (Lipinski definition) is 1. The number of nitrogens with one attached hydrogen (secondary N) is 1. The van der Waals surface area contributed by atoms with Crippen molar-refractivity contribution in [3.63, 3.8) is 0 Å². The topological polar surface area (TPSA) is 24.4 Å². The van der Waals surface area contributed by atoms with E-state index >= 15 is 0 Å². The van der Waals surface area contributed by atoms with Crippen molar-refractivity contribution in [2.24, 2.45) is 4.99 Å². The molecule has 1 N–H and O–H groups in total. The summed E-state index contributed by atoms with van der Waals surface area (Å²) < 4.78 is 0. The molecule has 0 radical (unpaired) electrons. The summed E-state index contributed by atoms with van der Waals surface area (Å²) in [6, 6.07) is 15.4. The van der Waals surface area contributed by atoms with Crippen LogP contribution in [0.4, 0.5) is 11.4 Å². The Morgan fingerprint density at radius 2 is 1.57 bits per heavy atom. The average molecular weight is 345 g/mol. The Morgan fingerprint density at radius 1 is 0.870 bits per heavy atom. The van der Waals surface area contributed by atoms with Crippen molar-refractivity contribution in [1.29, 1.82) is 0 Å². The summed E-state index contributed by atoms with van der Waals surface area (Å²) in [5, 5.41) is 4.87. The van der Waals surface area contributed by atoms with E-state index < -0.39 is 0 Å². The molecule has 0 aliphatic heterocycles. The first kappa shape index (κ1) is 16.1. The highest BCUT2D eigenvalue weighted by molar-refractivity contribution is 6.33. The lowest BCUT2D eigenvalue weighted by atomic mass is 9.96. The summed E-state index contributed by atoms with van der Waals surface area (Å²) in [5.41, 5.74) is 4.15. The van der Waals surface area contributed by atoms with Gasteiger partial charge in [-0.1, -0.05) is 47.5 Å². The summed E-state index contributed by atoms with van der Waals surface area (Å²) >= 11 is 12.4. The van der Waals surface area contributed by atoms with Crippen molar-refractivity contribution >= 4 is 40.8 Å². The van der Waals surface area contributed by atoms with Crippen LogP contribution in [0.5, 0.6) is 0 Å². The minimum Gasteiger partial charge on any atom is -0.357 e. The number of benzene rings is 2. The number of allylic oxidation sites excluding steroid dienone is 2. The Kier molecular flexibility index (Phi) is 5.37. The van der Waals surface area contributed by atoms with Gasteiger partial charge in [0.2, 0.25) is 0 Å². The molecule has 0 amide bonds. The number of para-hydroxylation sites is 2. The third-order valence-corrected chi connectivity index (χ3v) is 4.53. The molecule has 0 heterocycles. The van der Waals surface area contributed by atoms with Crippen molar-refractivity contribution in [3.8, 4) is 0 Å². The fraction of sp³-hybridized carbons (Fsp3) is 0.211. The summed E-state index contributed by atoms with van der Waals surface area (Å²) in [5.74, 6) is 0. The summed E-state index contributed by atoms with van der Waals surface area (Å²) in [4.78, 5) is 4.56. The van der Waals surface area contributed by atoms with Gasteiger partial charge in [-0.25, -0.2) is 0 Å². The van der Waals surface area contributed by atoms with Gasteiger partial charge in [0, 0.05) is 11.9 Å². The minimum atomic E-state index is 0.667. The maximum atomic E-state index is 6.25. The predicted molar refractivity (Wildman–Crippen MR) is 100 cm³/mol. The fourth-order valence-electron chi connectivity index (χ4n) is 2.64. The summed E-state index contributed by atoms with van der Waals surface area (Å²) in [6.07, 6.45) is 6.31. The molecular weight excluding hydrogens is 327 g/mol. The first-order chi connectivity index (χ1) is 11.2. The summed E-state index contributed by atoms with van der Waals surface area (Å²) in [7, 11) is 0. The molecule has 0 saturated heterocycles. The molecule has 2 nitrogen and oxygen atoms in total. The van der Waals surface area contributed by atoms with E-state index in [4.69, 9.17) is 23.2 Å². The first-order valence-electron chi connectivity index (χ1n) is 7.76. The van der Waals surface area contributed by atoms with Crippen LogP contribution in [0.15, 0.2) is 64.8 Å². The lowest BCUT2D eigenvalue weighted by molar-refractivity contribution is 0.692. The second kappa shape index (κ2) is 7.67. The zero-order chi connectivity index (χ0) is 16.1. The number of hydrogen-bond acceptors (Lipinski definition) is 2. The predicted octanol–water partition coefficient (Wildman–Crippen LogP) is 6.64. The van der Waals surface area contributed by atoms with Gasteiger partial charge in [0.05, 0.1) is 21.4 Å². The molecule has 3 rings (SSSR count). The maximum Gasteiger partial charge on any atom is 0.0815 e. The molecular formula is C19H18Cl2N2. The van der Waals surface area contributed by atoms with Crippen LogP contribution in [0.2, 0.25) is 10.0 Å². The molecule has 2 aromatic rings. The van der Waals surface area contributed by atoms with Crippen molar-refractivity contribution in [2.75, 3.05) is 5.32 Å². The van der Waals surface area contributed by atoms with Gasteiger partial charge in [0.1, 0.15) is 0 Å². The summed E-state index contributed by atoms with van der Waals surface area (Å²) in [6.45, 7) is 0. The third-order valence-electron chi connectivity index (χ3n) is 3.88. The molecule has 1 aliphatic rings. The van der Waals surface area contributed by atoms with Crippen molar-refractivity contribution in [2.45, 2.75) is 25.7 Å². The second-order valence-electron chi connectivity index (χ2n) is 5.53. The van der Waals surface area contributed by atoms with Crippen molar-refractivity contribution < 1.29 is 0 Å². The van der Waals surface area contributed by atoms with E-state index in [9.17, 15) is 0 Å². The second-order valence-corrected chi connectivity index (χ2v) is 6.34. The molecule has 4 heteroatoms. The molecule has 0 fully saturated rings. The van der Waals surface area contributed by atoms with E-state index in [1.165, 1.54) is 24.1 Å². The zero-order valence-electron chi connectivity index (χ0n) is 12.7. The minimum absolute atomic E-state index is 0.667. The first-order valence-corrected chi connectivity index (χ1v) is 8.52. The van der Waals surface area contributed by atoms with Gasteiger partial charge >= 0.3 is 0 Å². The van der Waals surface area contributed by atoms with Crippen LogP contribution < -0.4 is 5.32 Å². The number of anilines is 1. The Morgan fingerprint density at radius 3 is 2.35 bits per heavy atom. The van der Waals surface area contributed by atoms with Crippen molar-refractivity contribution in [3.05, 3.63) is 69.8 Å². The van der Waals surface area contributed by atoms with Crippen LogP contribution in [0, 0.1) is 0 Å². The van der Waals surface area contributed by atoms with Gasteiger partial charge in [-0.05, 0) is 55.5 Å². The Hall–Kier alpha value is -1.77. The molecule has 0 unspecified atom stereocenters. The lowest BCUT2D eigenvalue weighted by Crippen LogP contribution is -2.09. The normalized spacial score (nSPS) is 15.2. The lowest BCUT2D eigenvalue weighted by Gasteiger charge is -2.20. The molecule has 1 aliphatic carbocycles. The van der Waals surface area contributed by atoms with Gasteiger partial charge in [0.15, 0.2) is 0 Å². The zero-order valence-corrected chi connectivity index (χ0v) is 14.2. The van der Waals surface area contributed by atoms with E-state index in [0.29, 0.717) is 5.02 Å². The molecule has 0 bridgehead atoms. The van der Waals surface area contributed by atoms with Crippen LogP contribution in [-0.4, -0.2) is 6.21 Å². The SMILES string of the molecule is Clc1ccccc1N=CC1=C(Nc2ccccc2Cl)CCCC1. The Labute approximate surface area is 146 Å². The van der Waals surface area contributed by atoms with Gasteiger partial charge in [-0.3, -0.25) is 4.99 Å². The fourth-order valence-corrected chi connectivity index (χ4v) is 3.01. The molecule has 0 aromatic heterocycles. The van der Waals surface area contributed by atoms with Crippen LogP contribution in [-0.2, 0) is 0 Å². The highest BCUT2D eigenvalue weighted by atomic mass is 35.5. The van der Waals surface area contributed by atoms with E-state index in [2.05, 4.69) is 10.3 Å². The monoisotopic (exact) mass is 344 g/mol. The van der Waals surface area contributed by atoms with Crippen LogP contribution in [0.3, 0.4) is 0 Å². The van der Waals surface area contributed by atoms with Gasteiger partial charge < -0.3 is 5.32 Å². The van der Waals surface area contributed by atoms with Gasteiger partial charge in [0.25, 0.3) is 0 Å². The number of halogens is 2. The number of nitrogens with zero attached hydrogens (tertiary/aromatic N) is 1. The number of aliphatic imine (C=N–C) groups is 1. The third kappa shape index (κ3) is 4.15. The Bertz CT molecular complexity index is 751. The molecule has 0 spiro atoms.